The summed E-state index contributed by atoms with van der Waals surface area (Å²) in [5.41, 5.74) is 0. The van der Waals surface area contributed by atoms with Gasteiger partial charge in [0.25, 0.3) is 0 Å². The first kappa shape index (κ1) is 8.80. The number of nitrogens with zero attached hydrogens (tertiary/aromatic N) is 2. The maximum absolute atomic E-state index is 2.10. The summed E-state index contributed by atoms with van der Waals surface area (Å²) in [5.74, 6) is 4.19. The van der Waals surface area contributed by atoms with Crippen LogP contribution in [-0.2, 0) is 0 Å². The zero-order valence-electron chi connectivity index (χ0n) is 6.50. The predicted octanol–water partition coefficient (Wildman–Crippen LogP) is 0.554. The Balaban J connectivity index is 3.60. The average molecular weight is 145 g/mol. The smallest absolute Gasteiger partial charge is 0.189 e. The van der Waals surface area contributed by atoms with Crippen LogP contribution in [0.2, 0.25) is 0 Å². The first-order chi connectivity index (χ1) is 4.13. The minimum atomic E-state index is 1.23. The van der Waals surface area contributed by atoms with E-state index in [-0.39, 0.29) is 0 Å². The molecule has 0 saturated carbocycles. The van der Waals surface area contributed by atoms with Crippen molar-refractivity contribution in [1.29, 1.82) is 0 Å². The van der Waals surface area contributed by atoms with Gasteiger partial charge in [-0.05, 0) is 14.1 Å². The van der Waals surface area contributed by atoms with Crippen molar-refractivity contribution in [2.24, 2.45) is 0 Å². The largest absolute Gasteiger partial charge is 0.283 e. The second-order valence-corrected chi connectivity index (χ2v) is 3.07. The molecule has 0 aromatic heterocycles. The van der Waals surface area contributed by atoms with E-state index in [1.54, 1.807) is 0 Å². The lowest BCUT2D eigenvalue weighted by Crippen LogP contribution is -2.06. The van der Waals surface area contributed by atoms with E-state index in [0.29, 0.717) is 0 Å². The summed E-state index contributed by atoms with van der Waals surface area (Å²) in [7, 11) is 9.33. The molecule has 0 saturated heterocycles. The quantitative estimate of drug-likeness (QED) is 0.312. The molecule has 0 fully saturated rings. The molecule has 0 radical (unpaired) electrons. The van der Waals surface area contributed by atoms with Crippen molar-refractivity contribution in [1.82, 2.24) is 4.90 Å². The Kier molecular flexibility index (Phi) is 4.55. The van der Waals surface area contributed by atoms with E-state index in [2.05, 4.69) is 11.9 Å². The Morgan fingerprint density at radius 2 is 1.89 bits per heavy atom. The Labute approximate surface area is 58.6 Å². The lowest BCUT2D eigenvalue weighted by Gasteiger charge is -1.95. The highest BCUT2D eigenvalue weighted by Crippen LogP contribution is 1.84. The molecule has 0 aliphatic rings. The Morgan fingerprint density at radius 3 is 2.22 bits per heavy atom. The molecule has 0 bridgehead atoms. The maximum Gasteiger partial charge on any atom is 0.189 e. The number of hydrogen-bond acceptors (Lipinski definition) is 0. The van der Waals surface area contributed by atoms with Crippen LogP contribution < -0.4 is 0 Å². The highest BCUT2D eigenvalue weighted by atomic mass is 31.1. The van der Waals surface area contributed by atoms with E-state index in [9.17, 15) is 0 Å². The van der Waals surface area contributed by atoms with Gasteiger partial charge in [-0.15, -0.1) is 0 Å². The molecule has 0 aromatic rings. The molecule has 2 nitrogen and oxygen atoms in total. The molecule has 0 N–H and O–H groups in total. The minimum absolute atomic E-state index is 1.23. The van der Waals surface area contributed by atoms with Gasteiger partial charge in [0.05, 0.1) is 0 Å². The summed E-state index contributed by atoms with van der Waals surface area (Å²) < 4.78 is 2.04. The first-order valence-corrected chi connectivity index (χ1v) is 3.85. The molecule has 52 valence electrons. The van der Waals surface area contributed by atoms with Gasteiger partial charge in [0.1, 0.15) is 14.1 Å². The van der Waals surface area contributed by atoms with E-state index >= 15 is 0 Å². The lowest BCUT2D eigenvalue weighted by molar-refractivity contribution is -0.456. The third-order valence-corrected chi connectivity index (χ3v) is 1.79. The monoisotopic (exact) mass is 145 g/mol. The minimum Gasteiger partial charge on any atom is -0.283 e. The summed E-state index contributed by atoms with van der Waals surface area (Å²) in [4.78, 5) is 2.04. The molecule has 0 atom stereocenters. The second kappa shape index (κ2) is 4.66. The maximum atomic E-state index is 2.10. The van der Waals surface area contributed by atoms with Gasteiger partial charge in [-0.3, -0.25) is 4.90 Å². The third kappa shape index (κ3) is 7.80. The van der Waals surface area contributed by atoms with Crippen LogP contribution in [0.25, 0.3) is 0 Å². The zero-order valence-corrected chi connectivity index (χ0v) is 7.39. The van der Waals surface area contributed by atoms with Gasteiger partial charge in [-0.25, -0.2) is 4.58 Å². The summed E-state index contributed by atoms with van der Waals surface area (Å²) in [6, 6.07) is 0. The standard InChI is InChI=1S/C6H14N2P/c1-7(2)5-9-6-8(3)4/h5-6H,1-4H3/q+1. The molecular formula is C6H14N2P+. The van der Waals surface area contributed by atoms with Gasteiger partial charge in [0, 0.05) is 14.1 Å². The van der Waals surface area contributed by atoms with E-state index < -0.39 is 0 Å². The second-order valence-electron chi connectivity index (χ2n) is 2.31. The van der Waals surface area contributed by atoms with E-state index in [1.165, 1.54) is 8.20 Å². The van der Waals surface area contributed by atoms with Crippen LogP contribution >= 0.6 is 8.20 Å². The van der Waals surface area contributed by atoms with Crippen molar-refractivity contribution in [2.45, 2.75) is 0 Å². The molecule has 9 heavy (non-hydrogen) atoms. The fourth-order valence-corrected chi connectivity index (χ4v) is 0.889. The topological polar surface area (TPSA) is 6.25 Å². The summed E-state index contributed by atoms with van der Waals surface area (Å²) in [5, 5.41) is 0. The fourth-order valence-electron chi connectivity index (χ4n) is 0.296. The first-order valence-electron chi connectivity index (χ1n) is 2.82. The van der Waals surface area contributed by atoms with Gasteiger partial charge in [0.2, 0.25) is 0 Å². The Hall–Kier alpha value is -0.200. The molecular weight excluding hydrogens is 131 g/mol. The van der Waals surface area contributed by atoms with Crippen LogP contribution in [0.3, 0.4) is 0 Å². The van der Waals surface area contributed by atoms with Gasteiger partial charge in [-0.2, -0.15) is 0 Å². The van der Waals surface area contributed by atoms with Crippen molar-refractivity contribution in [3.63, 3.8) is 0 Å². The van der Waals surface area contributed by atoms with Crippen LogP contribution in [0.15, 0.2) is 0 Å². The molecule has 0 unspecified atom stereocenters. The van der Waals surface area contributed by atoms with Gasteiger partial charge >= 0.3 is 0 Å². The summed E-state index contributed by atoms with van der Waals surface area (Å²) >= 11 is 0. The van der Waals surface area contributed by atoms with Crippen molar-refractivity contribution < 1.29 is 4.58 Å². The van der Waals surface area contributed by atoms with Gasteiger partial charge < -0.3 is 0 Å². The third-order valence-electron chi connectivity index (χ3n) is 0.595. The highest BCUT2D eigenvalue weighted by Gasteiger charge is 1.78. The average Bonchev–Trinajstić information content (AvgIpc) is 1.63. The van der Waals surface area contributed by atoms with Crippen molar-refractivity contribution in [3.8, 4) is 0 Å². The van der Waals surface area contributed by atoms with Crippen LogP contribution in [0.1, 0.15) is 0 Å². The molecule has 0 aliphatic carbocycles. The van der Waals surface area contributed by atoms with Crippen LogP contribution in [-0.4, -0.2) is 49.5 Å². The van der Waals surface area contributed by atoms with Gasteiger partial charge in [0.15, 0.2) is 5.96 Å². The lowest BCUT2D eigenvalue weighted by atomic mass is 11.0. The Bertz CT molecular complexity index is 123. The molecule has 0 rings (SSSR count). The normalized spacial score (nSPS) is 10.8. The predicted molar refractivity (Wildman–Crippen MR) is 44.8 cm³/mol. The van der Waals surface area contributed by atoms with Crippen molar-refractivity contribution in [3.05, 3.63) is 0 Å². The summed E-state index contributed by atoms with van der Waals surface area (Å²) in [6.45, 7) is 0. The molecule has 0 spiro atoms. The van der Waals surface area contributed by atoms with Gasteiger partial charge in [-0.1, -0.05) is 0 Å². The van der Waals surface area contributed by atoms with E-state index in [0.717, 1.165) is 0 Å². The zero-order chi connectivity index (χ0) is 7.28. The number of rotatable bonds is 2. The molecule has 0 amide bonds. The van der Waals surface area contributed by atoms with Crippen molar-refractivity contribution in [2.75, 3.05) is 28.2 Å². The van der Waals surface area contributed by atoms with E-state index in [1.807, 2.05) is 37.7 Å². The highest BCUT2D eigenvalue weighted by molar-refractivity contribution is 7.54. The molecule has 0 heterocycles. The van der Waals surface area contributed by atoms with E-state index in [4.69, 9.17) is 0 Å². The molecule has 0 aromatic carbocycles. The number of hydrogen-bond donors (Lipinski definition) is 0. The van der Waals surface area contributed by atoms with Crippen LogP contribution in [0.5, 0.6) is 0 Å². The molecule has 3 heteroatoms. The Morgan fingerprint density at radius 1 is 1.33 bits per heavy atom. The van der Waals surface area contributed by atoms with Crippen LogP contribution in [0, 0.1) is 0 Å². The SMILES string of the molecule is CN(C)C=PC=[N+](C)C. The fraction of sp³-hybridized carbons (Fsp3) is 0.667. The van der Waals surface area contributed by atoms with Crippen LogP contribution in [0.4, 0.5) is 0 Å². The van der Waals surface area contributed by atoms with Crippen molar-refractivity contribution >= 4 is 20.1 Å². The summed E-state index contributed by atoms with van der Waals surface area (Å²) in [6.07, 6.45) is 0. The molecule has 0 aliphatic heterocycles.